The summed E-state index contributed by atoms with van der Waals surface area (Å²) in [7, 11) is 0. The molecule has 2 heteroatoms. The van der Waals surface area contributed by atoms with Crippen LogP contribution in [0.1, 0.15) is 32.4 Å². The van der Waals surface area contributed by atoms with Crippen LogP contribution in [-0.4, -0.2) is 5.88 Å². The molecule has 0 spiro atoms. The van der Waals surface area contributed by atoms with Crippen molar-refractivity contribution in [3.63, 3.8) is 0 Å². The molecule has 0 saturated carbocycles. The molecular formula is C11H17ClO. The lowest BCUT2D eigenvalue weighted by Crippen LogP contribution is -2.21. The summed E-state index contributed by atoms with van der Waals surface area (Å²) in [5.74, 6) is 1.73. The summed E-state index contributed by atoms with van der Waals surface area (Å²) in [5, 5.41) is 0. The highest BCUT2D eigenvalue weighted by atomic mass is 35.5. The number of halogens is 1. The molecule has 74 valence electrons. The van der Waals surface area contributed by atoms with E-state index in [0.29, 0.717) is 5.88 Å². The van der Waals surface area contributed by atoms with Crippen LogP contribution in [0.4, 0.5) is 0 Å². The molecule has 0 N–H and O–H groups in total. The molecule has 0 aliphatic heterocycles. The van der Waals surface area contributed by atoms with Crippen molar-refractivity contribution in [2.45, 2.75) is 33.1 Å². The molecule has 1 nitrogen and oxygen atoms in total. The van der Waals surface area contributed by atoms with Crippen molar-refractivity contribution >= 4 is 11.6 Å². The lowest BCUT2D eigenvalue weighted by molar-refractivity contribution is 0.306. The second-order valence-electron chi connectivity index (χ2n) is 3.95. The summed E-state index contributed by atoms with van der Waals surface area (Å²) >= 11 is 5.96. The van der Waals surface area contributed by atoms with Gasteiger partial charge in [-0.3, -0.25) is 0 Å². The van der Waals surface area contributed by atoms with Crippen LogP contribution in [0.15, 0.2) is 22.8 Å². The molecule has 0 saturated heterocycles. The van der Waals surface area contributed by atoms with Gasteiger partial charge < -0.3 is 4.42 Å². The Morgan fingerprint density at radius 1 is 1.54 bits per heavy atom. The van der Waals surface area contributed by atoms with Crippen molar-refractivity contribution in [2.24, 2.45) is 5.41 Å². The number of alkyl halides is 1. The fraction of sp³-hybridized carbons (Fsp3) is 0.636. The van der Waals surface area contributed by atoms with Gasteiger partial charge in [0, 0.05) is 12.3 Å². The fourth-order valence-corrected chi connectivity index (χ4v) is 1.87. The summed E-state index contributed by atoms with van der Waals surface area (Å²) < 4.78 is 5.32. The van der Waals surface area contributed by atoms with Crippen LogP contribution in [-0.2, 0) is 6.42 Å². The van der Waals surface area contributed by atoms with Crippen LogP contribution >= 0.6 is 11.6 Å². The van der Waals surface area contributed by atoms with Crippen LogP contribution in [0.3, 0.4) is 0 Å². The molecular weight excluding hydrogens is 184 g/mol. The predicted molar refractivity (Wildman–Crippen MR) is 56.1 cm³/mol. The van der Waals surface area contributed by atoms with Crippen molar-refractivity contribution in [1.82, 2.24) is 0 Å². The second-order valence-corrected chi connectivity index (χ2v) is 4.22. The molecule has 1 aromatic rings. The third-order valence-electron chi connectivity index (χ3n) is 2.36. The largest absolute Gasteiger partial charge is 0.469 e. The van der Waals surface area contributed by atoms with E-state index in [2.05, 4.69) is 13.8 Å². The highest BCUT2D eigenvalue weighted by Crippen LogP contribution is 2.29. The van der Waals surface area contributed by atoms with Gasteiger partial charge in [0.15, 0.2) is 0 Å². The predicted octanol–water partition coefficient (Wildman–Crippen LogP) is 3.87. The van der Waals surface area contributed by atoms with E-state index in [1.54, 1.807) is 6.26 Å². The second kappa shape index (κ2) is 4.71. The molecule has 0 aromatic carbocycles. The van der Waals surface area contributed by atoms with Crippen molar-refractivity contribution in [3.8, 4) is 0 Å². The summed E-state index contributed by atoms with van der Waals surface area (Å²) in [6.07, 6.45) is 4.98. The Labute approximate surface area is 85.1 Å². The Morgan fingerprint density at radius 3 is 2.77 bits per heavy atom. The van der Waals surface area contributed by atoms with E-state index in [1.165, 1.54) is 6.42 Å². The zero-order valence-electron chi connectivity index (χ0n) is 8.35. The van der Waals surface area contributed by atoms with Gasteiger partial charge in [0.1, 0.15) is 5.76 Å². The maximum Gasteiger partial charge on any atom is 0.104 e. The summed E-state index contributed by atoms with van der Waals surface area (Å²) in [6, 6.07) is 3.94. The SMILES string of the molecule is CCCC(C)(CCl)Cc1ccco1. The summed E-state index contributed by atoms with van der Waals surface area (Å²) in [4.78, 5) is 0. The van der Waals surface area contributed by atoms with Crippen molar-refractivity contribution in [2.75, 3.05) is 5.88 Å². The smallest absolute Gasteiger partial charge is 0.104 e. The van der Waals surface area contributed by atoms with Gasteiger partial charge in [-0.1, -0.05) is 20.3 Å². The third-order valence-corrected chi connectivity index (χ3v) is 3.00. The first-order valence-corrected chi connectivity index (χ1v) is 5.32. The van der Waals surface area contributed by atoms with Crippen LogP contribution < -0.4 is 0 Å². The van der Waals surface area contributed by atoms with Gasteiger partial charge in [0.25, 0.3) is 0 Å². The van der Waals surface area contributed by atoms with E-state index in [1.807, 2.05) is 12.1 Å². The minimum Gasteiger partial charge on any atom is -0.469 e. The highest BCUT2D eigenvalue weighted by molar-refractivity contribution is 6.18. The van der Waals surface area contributed by atoms with E-state index in [0.717, 1.165) is 18.6 Å². The molecule has 13 heavy (non-hydrogen) atoms. The van der Waals surface area contributed by atoms with Crippen molar-refractivity contribution < 1.29 is 4.42 Å². The number of rotatable bonds is 5. The topological polar surface area (TPSA) is 13.1 Å². The van der Waals surface area contributed by atoms with Crippen molar-refractivity contribution in [3.05, 3.63) is 24.2 Å². The Bertz CT molecular complexity index is 230. The molecule has 1 heterocycles. The fourth-order valence-electron chi connectivity index (χ4n) is 1.64. The molecule has 1 unspecified atom stereocenters. The standard InChI is InChI=1S/C11H17ClO/c1-3-6-11(2,9-12)8-10-5-4-7-13-10/h4-5,7H,3,6,8-9H2,1-2H3. The maximum atomic E-state index is 5.96. The van der Waals surface area contributed by atoms with Gasteiger partial charge in [-0.05, 0) is 24.0 Å². The molecule has 0 amide bonds. The molecule has 1 aromatic heterocycles. The Balaban J connectivity index is 2.58. The van der Waals surface area contributed by atoms with Gasteiger partial charge in [-0.15, -0.1) is 11.6 Å². The lowest BCUT2D eigenvalue weighted by atomic mass is 9.83. The molecule has 0 bridgehead atoms. The quantitative estimate of drug-likeness (QED) is 0.658. The van der Waals surface area contributed by atoms with Gasteiger partial charge in [0.05, 0.1) is 6.26 Å². The van der Waals surface area contributed by atoms with E-state index in [4.69, 9.17) is 16.0 Å². The van der Waals surface area contributed by atoms with Gasteiger partial charge >= 0.3 is 0 Å². The lowest BCUT2D eigenvalue weighted by Gasteiger charge is -2.25. The summed E-state index contributed by atoms with van der Waals surface area (Å²) in [6.45, 7) is 4.40. The average Bonchev–Trinajstić information content (AvgIpc) is 2.57. The minimum absolute atomic E-state index is 0.189. The normalized spacial score (nSPS) is 15.6. The first-order valence-electron chi connectivity index (χ1n) is 4.78. The average molecular weight is 201 g/mol. The highest BCUT2D eigenvalue weighted by Gasteiger charge is 2.23. The first kappa shape index (κ1) is 10.6. The van der Waals surface area contributed by atoms with Gasteiger partial charge in [-0.25, -0.2) is 0 Å². The Kier molecular flexibility index (Phi) is 3.86. The van der Waals surface area contributed by atoms with Crippen molar-refractivity contribution in [1.29, 1.82) is 0 Å². The zero-order valence-corrected chi connectivity index (χ0v) is 9.10. The number of hydrogen-bond donors (Lipinski definition) is 0. The molecule has 0 radical (unpaired) electrons. The minimum atomic E-state index is 0.189. The van der Waals surface area contributed by atoms with Crippen LogP contribution in [0.25, 0.3) is 0 Å². The molecule has 0 aliphatic rings. The first-order chi connectivity index (χ1) is 6.20. The third kappa shape index (κ3) is 3.07. The molecule has 0 aliphatic carbocycles. The van der Waals surface area contributed by atoms with Gasteiger partial charge in [-0.2, -0.15) is 0 Å². The van der Waals surface area contributed by atoms with Gasteiger partial charge in [0.2, 0.25) is 0 Å². The van der Waals surface area contributed by atoms with E-state index >= 15 is 0 Å². The monoisotopic (exact) mass is 200 g/mol. The maximum absolute atomic E-state index is 5.96. The molecule has 0 fully saturated rings. The number of furan rings is 1. The van der Waals surface area contributed by atoms with E-state index in [-0.39, 0.29) is 5.41 Å². The molecule has 1 atom stereocenters. The molecule has 1 rings (SSSR count). The Morgan fingerprint density at radius 2 is 2.31 bits per heavy atom. The van der Waals surface area contributed by atoms with E-state index < -0.39 is 0 Å². The van der Waals surface area contributed by atoms with Crippen LogP contribution in [0.5, 0.6) is 0 Å². The number of hydrogen-bond acceptors (Lipinski definition) is 1. The zero-order chi connectivity index (χ0) is 9.73. The van der Waals surface area contributed by atoms with Crippen LogP contribution in [0.2, 0.25) is 0 Å². The van der Waals surface area contributed by atoms with Crippen LogP contribution in [0, 0.1) is 5.41 Å². The summed E-state index contributed by atoms with van der Waals surface area (Å²) in [5.41, 5.74) is 0.189. The van der Waals surface area contributed by atoms with E-state index in [9.17, 15) is 0 Å². The Hall–Kier alpha value is -0.430.